The first-order chi connectivity index (χ1) is 13.9. The zero-order chi connectivity index (χ0) is 21.0. The number of carbonyl (C=O) groups excluding carboxylic acids is 2. The summed E-state index contributed by atoms with van der Waals surface area (Å²) < 4.78 is 7.20. The van der Waals surface area contributed by atoms with E-state index in [4.69, 9.17) is 4.74 Å². The van der Waals surface area contributed by atoms with Crippen LogP contribution in [0.4, 0.5) is 5.69 Å². The van der Waals surface area contributed by atoms with E-state index in [0.717, 1.165) is 28.4 Å². The van der Waals surface area contributed by atoms with Crippen LogP contribution in [0.15, 0.2) is 24.3 Å². The number of carbonyl (C=O) groups is 2. The van der Waals surface area contributed by atoms with E-state index in [1.165, 1.54) is 0 Å². The number of aryl methyl sites for hydroxylation is 1. The maximum Gasteiger partial charge on any atom is 0.224 e. The van der Waals surface area contributed by atoms with Gasteiger partial charge in [0.05, 0.1) is 12.3 Å². The summed E-state index contributed by atoms with van der Waals surface area (Å²) in [6.45, 7) is 8.41. The number of anilines is 1. The van der Waals surface area contributed by atoms with Crippen LogP contribution in [-0.2, 0) is 16.0 Å². The van der Waals surface area contributed by atoms with E-state index in [9.17, 15) is 9.59 Å². The van der Waals surface area contributed by atoms with Crippen molar-refractivity contribution in [3.05, 3.63) is 41.2 Å². The van der Waals surface area contributed by atoms with E-state index in [1.54, 1.807) is 4.68 Å². The molecule has 2 heterocycles. The Kier molecular flexibility index (Phi) is 6.53. The molecule has 156 valence electrons. The number of rotatable bonds is 7. The lowest BCUT2D eigenvalue weighted by Crippen LogP contribution is -2.52. The molecule has 29 heavy (non-hydrogen) atoms. The fourth-order valence-corrected chi connectivity index (χ4v) is 3.56. The highest BCUT2D eigenvalue weighted by Gasteiger charge is 2.26. The molecule has 0 spiro atoms. The number of hydrogen-bond acceptors (Lipinski definition) is 5. The summed E-state index contributed by atoms with van der Waals surface area (Å²) in [6, 6.07) is 7.42. The molecule has 0 radical (unpaired) electrons. The van der Waals surface area contributed by atoms with Crippen LogP contribution >= 0.6 is 0 Å². The number of benzene rings is 1. The summed E-state index contributed by atoms with van der Waals surface area (Å²) in [4.78, 5) is 24.2. The summed E-state index contributed by atoms with van der Waals surface area (Å²) in [7, 11) is 0. The minimum Gasteiger partial charge on any atom is -0.494 e. The van der Waals surface area contributed by atoms with Crippen molar-refractivity contribution in [3.63, 3.8) is 0 Å². The molecule has 0 bridgehead atoms. The van der Waals surface area contributed by atoms with Crippen molar-refractivity contribution < 1.29 is 14.3 Å². The molecule has 1 aliphatic heterocycles. The Labute approximate surface area is 171 Å². The molecule has 1 aromatic heterocycles. The van der Waals surface area contributed by atoms with Gasteiger partial charge in [0.1, 0.15) is 5.75 Å². The van der Waals surface area contributed by atoms with Crippen LogP contribution in [0.5, 0.6) is 5.75 Å². The quantitative estimate of drug-likeness (QED) is 0.664. The summed E-state index contributed by atoms with van der Waals surface area (Å²) >= 11 is 0. The normalized spacial score (nSPS) is 19.0. The maximum atomic E-state index is 12.4. The molecule has 1 saturated heterocycles. The highest BCUT2D eigenvalue weighted by Crippen LogP contribution is 2.20. The van der Waals surface area contributed by atoms with E-state index in [-0.39, 0.29) is 24.1 Å². The van der Waals surface area contributed by atoms with E-state index in [0.29, 0.717) is 25.9 Å². The molecule has 8 nitrogen and oxygen atoms in total. The number of nitrogens with zero attached hydrogens (tertiary/aromatic N) is 2. The molecule has 1 aliphatic rings. The van der Waals surface area contributed by atoms with Gasteiger partial charge in [-0.15, -0.1) is 0 Å². The van der Waals surface area contributed by atoms with Crippen molar-refractivity contribution >= 4 is 17.5 Å². The van der Waals surface area contributed by atoms with Gasteiger partial charge in [-0.25, -0.2) is 4.68 Å². The van der Waals surface area contributed by atoms with Gasteiger partial charge in [-0.1, -0.05) is 0 Å². The molecule has 1 aromatic carbocycles. The third kappa shape index (κ3) is 5.14. The third-order valence-electron chi connectivity index (χ3n) is 5.00. The Hall–Kier alpha value is -2.87. The monoisotopic (exact) mass is 399 g/mol. The molecule has 3 N–H and O–H groups in total. The third-order valence-corrected chi connectivity index (χ3v) is 5.00. The molecule has 2 aromatic rings. The Morgan fingerprint density at radius 3 is 2.69 bits per heavy atom. The maximum absolute atomic E-state index is 12.4. The minimum atomic E-state index is -0.364. The lowest BCUT2D eigenvalue weighted by atomic mass is 10.1. The van der Waals surface area contributed by atoms with Crippen molar-refractivity contribution in [1.82, 2.24) is 20.4 Å². The summed E-state index contributed by atoms with van der Waals surface area (Å²) in [5.74, 6) is 0.727. The lowest BCUT2D eigenvalue weighted by Gasteiger charge is -2.30. The van der Waals surface area contributed by atoms with E-state index in [1.807, 2.05) is 52.0 Å². The van der Waals surface area contributed by atoms with E-state index < -0.39 is 0 Å². The molecular formula is C21H29N5O3. The molecule has 3 rings (SSSR count). The minimum absolute atomic E-state index is 0.00471. The lowest BCUT2D eigenvalue weighted by molar-refractivity contribution is -0.125. The second-order valence-electron chi connectivity index (χ2n) is 7.34. The van der Waals surface area contributed by atoms with Crippen LogP contribution in [0.3, 0.4) is 0 Å². The Morgan fingerprint density at radius 1 is 1.31 bits per heavy atom. The average molecular weight is 399 g/mol. The SMILES string of the molecule is CCOc1ccc(NC(=O)CCc2c(C)nn(C3NC(=O)CC(C)N3)c2C)cc1. The van der Waals surface area contributed by atoms with Gasteiger partial charge in [-0.2, -0.15) is 5.10 Å². The molecular weight excluding hydrogens is 370 g/mol. The average Bonchev–Trinajstić information content (AvgIpc) is 2.95. The first-order valence-electron chi connectivity index (χ1n) is 10.00. The Bertz CT molecular complexity index is 875. The fraction of sp³-hybridized carbons (Fsp3) is 0.476. The smallest absolute Gasteiger partial charge is 0.224 e. The number of amides is 2. The molecule has 1 fully saturated rings. The van der Waals surface area contributed by atoms with Crippen molar-refractivity contribution in [3.8, 4) is 5.75 Å². The highest BCUT2D eigenvalue weighted by molar-refractivity contribution is 5.90. The Morgan fingerprint density at radius 2 is 2.03 bits per heavy atom. The van der Waals surface area contributed by atoms with E-state index >= 15 is 0 Å². The first-order valence-corrected chi connectivity index (χ1v) is 10.00. The standard InChI is InChI=1S/C21H29N5O3/c1-5-29-17-8-6-16(7-9-17)23-19(27)11-10-18-14(3)25-26(15(18)4)21-22-13(2)12-20(28)24-21/h6-9,13,21-22H,5,10-12H2,1-4H3,(H,23,27)(H,24,28). The van der Waals surface area contributed by atoms with Gasteiger partial charge in [0.2, 0.25) is 11.8 Å². The molecule has 2 atom stereocenters. The van der Waals surface area contributed by atoms with Crippen molar-refractivity contribution in [1.29, 1.82) is 0 Å². The summed E-state index contributed by atoms with van der Waals surface area (Å²) in [6.07, 6.45) is 1.02. The molecule has 0 aliphatic carbocycles. The summed E-state index contributed by atoms with van der Waals surface area (Å²) in [5, 5.41) is 13.7. The topological polar surface area (TPSA) is 97.3 Å². The number of nitrogens with one attached hydrogen (secondary N) is 3. The van der Waals surface area contributed by atoms with Gasteiger partial charge in [-0.3, -0.25) is 14.9 Å². The summed E-state index contributed by atoms with van der Waals surface area (Å²) in [5.41, 5.74) is 3.58. The van der Waals surface area contributed by atoms with E-state index in [2.05, 4.69) is 21.0 Å². The van der Waals surface area contributed by atoms with Crippen LogP contribution < -0.4 is 20.7 Å². The number of ether oxygens (including phenoxy) is 1. The van der Waals surface area contributed by atoms with Crippen LogP contribution in [0.25, 0.3) is 0 Å². The van der Waals surface area contributed by atoms with Crippen molar-refractivity contribution in [2.24, 2.45) is 0 Å². The molecule has 0 saturated carbocycles. The van der Waals surface area contributed by atoms with Gasteiger partial charge in [0, 0.05) is 30.3 Å². The largest absolute Gasteiger partial charge is 0.494 e. The highest BCUT2D eigenvalue weighted by atomic mass is 16.5. The van der Waals surface area contributed by atoms with Gasteiger partial charge >= 0.3 is 0 Å². The predicted octanol–water partition coefficient (Wildman–Crippen LogP) is 2.42. The Balaban J connectivity index is 1.61. The zero-order valence-corrected chi connectivity index (χ0v) is 17.4. The predicted molar refractivity (Wildman–Crippen MR) is 111 cm³/mol. The van der Waals surface area contributed by atoms with Crippen LogP contribution in [0.1, 0.15) is 49.9 Å². The number of hydrogen-bond donors (Lipinski definition) is 3. The van der Waals surface area contributed by atoms with Gasteiger partial charge in [-0.05, 0) is 63.9 Å². The second kappa shape index (κ2) is 9.09. The second-order valence-corrected chi connectivity index (χ2v) is 7.34. The molecule has 2 amide bonds. The fourth-order valence-electron chi connectivity index (χ4n) is 3.56. The first kappa shape index (κ1) is 20.9. The van der Waals surface area contributed by atoms with Crippen molar-refractivity contribution in [2.75, 3.05) is 11.9 Å². The van der Waals surface area contributed by atoms with Gasteiger partial charge in [0.15, 0.2) is 6.29 Å². The molecule has 8 heteroatoms. The van der Waals surface area contributed by atoms with Crippen LogP contribution in [0, 0.1) is 13.8 Å². The van der Waals surface area contributed by atoms with Gasteiger partial charge in [0.25, 0.3) is 0 Å². The van der Waals surface area contributed by atoms with Crippen LogP contribution in [-0.4, -0.2) is 34.2 Å². The van der Waals surface area contributed by atoms with Crippen molar-refractivity contribution in [2.45, 2.75) is 59.3 Å². The van der Waals surface area contributed by atoms with Gasteiger partial charge < -0.3 is 15.4 Å². The van der Waals surface area contributed by atoms with Crippen LogP contribution in [0.2, 0.25) is 0 Å². The number of aromatic nitrogens is 2. The zero-order valence-electron chi connectivity index (χ0n) is 17.4. The molecule has 2 unspecified atom stereocenters.